The standard InChI is InChI=1S/C23H30N4O4/c1-2-26-11-13-30-20-9-4-3-7-18(20)8-5-6-10-23(22(26)29)16-27(12-14-31-23)21(28)19-15-24-17-25-19/h3-4,7,9,15,17H,2,5-6,8,10-14,16H2,1H3,(H,24,25). The van der Waals surface area contributed by atoms with E-state index in [-0.39, 0.29) is 18.4 Å². The van der Waals surface area contributed by atoms with Gasteiger partial charge in [0.25, 0.3) is 11.8 Å². The average molecular weight is 427 g/mol. The highest BCUT2D eigenvalue weighted by Crippen LogP contribution is 2.30. The molecule has 2 aromatic rings. The fourth-order valence-corrected chi connectivity index (χ4v) is 4.42. The zero-order valence-corrected chi connectivity index (χ0v) is 18.0. The van der Waals surface area contributed by atoms with Crippen molar-refractivity contribution in [2.45, 2.75) is 38.2 Å². The Kier molecular flexibility index (Phi) is 6.56. The first-order valence-electron chi connectivity index (χ1n) is 11.0. The first kappa shape index (κ1) is 21.4. The Morgan fingerprint density at radius 1 is 1.23 bits per heavy atom. The molecule has 1 saturated heterocycles. The van der Waals surface area contributed by atoms with Gasteiger partial charge >= 0.3 is 0 Å². The van der Waals surface area contributed by atoms with Gasteiger partial charge in [0.1, 0.15) is 18.1 Å². The van der Waals surface area contributed by atoms with Crippen molar-refractivity contribution in [3.05, 3.63) is 48.0 Å². The topological polar surface area (TPSA) is 87.8 Å². The molecule has 1 aromatic carbocycles. The van der Waals surface area contributed by atoms with Crippen molar-refractivity contribution in [2.24, 2.45) is 0 Å². The molecule has 0 aliphatic carbocycles. The Morgan fingerprint density at radius 2 is 2.10 bits per heavy atom. The normalized spacial score (nSPS) is 22.9. The van der Waals surface area contributed by atoms with Crippen LogP contribution in [0.2, 0.25) is 0 Å². The Bertz CT molecular complexity index is 901. The van der Waals surface area contributed by atoms with Gasteiger partial charge in [0.05, 0.1) is 32.2 Å². The highest BCUT2D eigenvalue weighted by molar-refractivity contribution is 5.93. The highest BCUT2D eigenvalue weighted by Gasteiger charge is 2.46. The zero-order chi connectivity index (χ0) is 21.7. The van der Waals surface area contributed by atoms with Crippen LogP contribution in [0.5, 0.6) is 5.75 Å². The lowest BCUT2D eigenvalue weighted by molar-refractivity contribution is -0.170. The molecule has 1 N–H and O–H groups in total. The smallest absolute Gasteiger partial charge is 0.272 e. The van der Waals surface area contributed by atoms with Gasteiger partial charge in [0, 0.05) is 13.1 Å². The molecular weight excluding hydrogens is 396 g/mol. The molecule has 0 saturated carbocycles. The van der Waals surface area contributed by atoms with Crippen LogP contribution in [0.3, 0.4) is 0 Å². The molecule has 166 valence electrons. The maximum atomic E-state index is 13.7. The van der Waals surface area contributed by atoms with E-state index in [0.717, 1.165) is 25.0 Å². The van der Waals surface area contributed by atoms with Gasteiger partial charge in [-0.2, -0.15) is 0 Å². The number of carbonyl (C=O) groups is 2. The second-order valence-corrected chi connectivity index (χ2v) is 8.08. The number of H-pyrrole nitrogens is 1. The van der Waals surface area contributed by atoms with Crippen LogP contribution in [0.1, 0.15) is 42.2 Å². The molecule has 31 heavy (non-hydrogen) atoms. The number of carbonyl (C=O) groups excluding carboxylic acids is 2. The fourth-order valence-electron chi connectivity index (χ4n) is 4.42. The second kappa shape index (κ2) is 9.51. The summed E-state index contributed by atoms with van der Waals surface area (Å²) in [5.74, 6) is 0.681. The first-order chi connectivity index (χ1) is 15.1. The van der Waals surface area contributed by atoms with E-state index in [4.69, 9.17) is 9.47 Å². The highest BCUT2D eigenvalue weighted by atomic mass is 16.5. The zero-order valence-electron chi connectivity index (χ0n) is 18.0. The number of fused-ring (bicyclic) bond motifs is 1. The molecule has 2 aliphatic rings. The number of nitrogens with one attached hydrogen (secondary N) is 1. The van der Waals surface area contributed by atoms with E-state index >= 15 is 0 Å². The van der Waals surface area contributed by atoms with Gasteiger partial charge < -0.3 is 24.3 Å². The Morgan fingerprint density at radius 3 is 2.90 bits per heavy atom. The number of likely N-dealkylation sites (N-methyl/N-ethyl adjacent to an activating group) is 1. The maximum Gasteiger partial charge on any atom is 0.272 e. The van der Waals surface area contributed by atoms with E-state index in [1.165, 1.54) is 18.1 Å². The molecule has 3 heterocycles. The Balaban J connectivity index is 1.56. The van der Waals surface area contributed by atoms with E-state index in [1.807, 2.05) is 25.1 Å². The number of aryl methyl sites for hydroxylation is 1. The third kappa shape index (κ3) is 4.58. The van der Waals surface area contributed by atoms with Crippen molar-refractivity contribution in [1.82, 2.24) is 19.8 Å². The van der Waals surface area contributed by atoms with E-state index in [9.17, 15) is 9.59 Å². The van der Waals surface area contributed by atoms with Crippen LogP contribution in [-0.4, -0.2) is 76.6 Å². The molecule has 1 fully saturated rings. The van der Waals surface area contributed by atoms with Crippen LogP contribution >= 0.6 is 0 Å². The predicted molar refractivity (Wildman–Crippen MR) is 115 cm³/mol. The number of nitrogens with zero attached hydrogens (tertiary/aromatic N) is 3. The van der Waals surface area contributed by atoms with Gasteiger partial charge in [-0.25, -0.2) is 4.98 Å². The monoisotopic (exact) mass is 426 g/mol. The number of aromatic amines is 1. The van der Waals surface area contributed by atoms with Gasteiger partial charge in [0.15, 0.2) is 5.60 Å². The van der Waals surface area contributed by atoms with Gasteiger partial charge in [-0.05, 0) is 44.2 Å². The summed E-state index contributed by atoms with van der Waals surface area (Å²) >= 11 is 0. The van der Waals surface area contributed by atoms with Gasteiger partial charge in [0.2, 0.25) is 0 Å². The SMILES string of the molecule is CCN1CCOc2ccccc2CCCCC2(CN(C(=O)c3cnc[nH]3)CCO2)C1=O. The summed E-state index contributed by atoms with van der Waals surface area (Å²) in [4.78, 5) is 36.9. The lowest BCUT2D eigenvalue weighted by atomic mass is 9.91. The largest absolute Gasteiger partial charge is 0.491 e. The van der Waals surface area contributed by atoms with Crippen LogP contribution in [-0.2, 0) is 16.0 Å². The van der Waals surface area contributed by atoms with Crippen molar-refractivity contribution >= 4 is 11.8 Å². The summed E-state index contributed by atoms with van der Waals surface area (Å²) in [5.41, 5.74) is 0.588. The summed E-state index contributed by atoms with van der Waals surface area (Å²) in [5, 5.41) is 0. The molecular formula is C23H30N4O4. The second-order valence-electron chi connectivity index (χ2n) is 8.08. The van der Waals surface area contributed by atoms with Gasteiger partial charge in [-0.15, -0.1) is 0 Å². The predicted octanol–water partition coefficient (Wildman–Crippen LogP) is 2.27. The van der Waals surface area contributed by atoms with E-state index in [2.05, 4.69) is 16.0 Å². The first-order valence-corrected chi connectivity index (χ1v) is 11.0. The number of amides is 2. The van der Waals surface area contributed by atoms with Crippen molar-refractivity contribution in [1.29, 1.82) is 0 Å². The molecule has 8 heteroatoms. The summed E-state index contributed by atoms with van der Waals surface area (Å²) in [6.45, 7) is 4.45. The molecule has 1 aromatic heterocycles. The summed E-state index contributed by atoms with van der Waals surface area (Å²) in [6.07, 6.45) is 6.21. The quantitative estimate of drug-likeness (QED) is 0.796. The number of para-hydroxylation sites is 1. The minimum absolute atomic E-state index is 0.0606. The number of benzene rings is 1. The van der Waals surface area contributed by atoms with Crippen LogP contribution < -0.4 is 4.74 Å². The molecule has 2 aliphatic heterocycles. The maximum absolute atomic E-state index is 13.7. The van der Waals surface area contributed by atoms with Crippen LogP contribution in [0, 0.1) is 0 Å². The number of rotatable bonds is 2. The summed E-state index contributed by atoms with van der Waals surface area (Å²) < 4.78 is 12.2. The third-order valence-corrected chi connectivity index (χ3v) is 6.13. The molecule has 1 unspecified atom stereocenters. The van der Waals surface area contributed by atoms with E-state index < -0.39 is 5.60 Å². The molecule has 2 amide bonds. The van der Waals surface area contributed by atoms with Crippen molar-refractivity contribution in [2.75, 3.05) is 39.4 Å². The number of ether oxygens (including phenoxy) is 2. The van der Waals surface area contributed by atoms with E-state index in [0.29, 0.717) is 45.0 Å². The summed E-state index contributed by atoms with van der Waals surface area (Å²) in [6, 6.07) is 8.09. The molecule has 1 atom stereocenters. The Hall–Kier alpha value is -2.87. The number of morpholine rings is 1. The Labute approximate surface area is 182 Å². The van der Waals surface area contributed by atoms with Crippen molar-refractivity contribution < 1.29 is 19.1 Å². The van der Waals surface area contributed by atoms with E-state index in [1.54, 1.807) is 9.80 Å². The molecule has 4 rings (SSSR count). The lowest BCUT2D eigenvalue weighted by Gasteiger charge is -2.44. The van der Waals surface area contributed by atoms with Crippen molar-refractivity contribution in [3.63, 3.8) is 0 Å². The minimum Gasteiger partial charge on any atom is -0.491 e. The number of hydrogen-bond donors (Lipinski definition) is 1. The minimum atomic E-state index is -1.03. The molecule has 0 bridgehead atoms. The summed E-state index contributed by atoms with van der Waals surface area (Å²) in [7, 11) is 0. The number of aromatic nitrogens is 2. The van der Waals surface area contributed by atoms with Crippen LogP contribution in [0.4, 0.5) is 0 Å². The molecule has 1 spiro atoms. The number of hydrogen-bond acceptors (Lipinski definition) is 5. The van der Waals surface area contributed by atoms with Crippen LogP contribution in [0.25, 0.3) is 0 Å². The molecule has 8 nitrogen and oxygen atoms in total. The van der Waals surface area contributed by atoms with Crippen molar-refractivity contribution in [3.8, 4) is 5.75 Å². The van der Waals surface area contributed by atoms with Crippen LogP contribution in [0.15, 0.2) is 36.8 Å². The third-order valence-electron chi connectivity index (χ3n) is 6.13. The lowest BCUT2D eigenvalue weighted by Crippen LogP contribution is -2.62. The van der Waals surface area contributed by atoms with Gasteiger partial charge in [-0.3, -0.25) is 9.59 Å². The average Bonchev–Trinajstić information content (AvgIpc) is 3.34. The number of imidazole rings is 1. The van der Waals surface area contributed by atoms with Gasteiger partial charge in [-0.1, -0.05) is 18.2 Å². The molecule has 0 radical (unpaired) electrons. The fraction of sp³-hybridized carbons (Fsp3) is 0.522.